The summed E-state index contributed by atoms with van der Waals surface area (Å²) >= 11 is 0. The number of alkyl halides is 2. The molecule has 29 heavy (non-hydrogen) atoms. The summed E-state index contributed by atoms with van der Waals surface area (Å²) < 4.78 is 54.5. The van der Waals surface area contributed by atoms with Crippen LogP contribution in [0.25, 0.3) is 0 Å². The van der Waals surface area contributed by atoms with E-state index in [1.54, 1.807) is 4.90 Å². The molecule has 0 spiro atoms. The summed E-state index contributed by atoms with van der Waals surface area (Å²) in [4.78, 5) is 26.0. The van der Waals surface area contributed by atoms with Crippen molar-refractivity contribution in [3.63, 3.8) is 0 Å². The standard InChI is InChI=1S/C19H24F2N2O5S/c1-28-18(25)15-10-12-6-2-4-8-14(12)23(15)11-17(24)22-13-7-3-5-9-16(13)29(26,27)19(20)21/h3,5,7,9,12,14-15,19H,2,4,6,8,10-11H2,1H3,(H,22,24). The minimum Gasteiger partial charge on any atom is -0.468 e. The van der Waals surface area contributed by atoms with Gasteiger partial charge in [-0.25, -0.2) is 8.42 Å². The van der Waals surface area contributed by atoms with Crippen LogP contribution in [0.5, 0.6) is 0 Å². The van der Waals surface area contributed by atoms with Gasteiger partial charge in [0.05, 0.1) is 24.2 Å². The number of anilines is 1. The third kappa shape index (κ3) is 4.42. The quantitative estimate of drug-likeness (QED) is 0.697. The summed E-state index contributed by atoms with van der Waals surface area (Å²) in [7, 11) is -3.56. The SMILES string of the molecule is COC(=O)C1CC2CCCCC2N1CC(=O)Nc1ccccc1S(=O)(=O)C(F)F. The monoisotopic (exact) mass is 430 g/mol. The van der Waals surface area contributed by atoms with Gasteiger partial charge in [0, 0.05) is 6.04 Å². The Hall–Kier alpha value is -2.07. The largest absolute Gasteiger partial charge is 0.468 e. The van der Waals surface area contributed by atoms with Crippen LogP contribution in [-0.2, 0) is 24.2 Å². The number of methoxy groups -OCH3 is 1. The molecule has 0 radical (unpaired) electrons. The Morgan fingerprint density at radius 1 is 1.24 bits per heavy atom. The molecule has 160 valence electrons. The predicted molar refractivity (Wildman–Crippen MR) is 101 cm³/mol. The van der Waals surface area contributed by atoms with Crippen LogP contribution < -0.4 is 5.32 Å². The molecule has 3 unspecified atom stereocenters. The first-order valence-electron chi connectivity index (χ1n) is 9.50. The van der Waals surface area contributed by atoms with Crippen molar-refractivity contribution in [1.29, 1.82) is 0 Å². The number of likely N-dealkylation sites (tertiary alicyclic amines) is 1. The van der Waals surface area contributed by atoms with Gasteiger partial charge in [0.2, 0.25) is 15.7 Å². The Morgan fingerprint density at radius 3 is 2.62 bits per heavy atom. The van der Waals surface area contributed by atoms with Crippen LogP contribution in [0.1, 0.15) is 32.1 Å². The Morgan fingerprint density at radius 2 is 1.93 bits per heavy atom. The maximum atomic E-state index is 12.9. The van der Waals surface area contributed by atoms with Crippen LogP contribution in [0.15, 0.2) is 29.2 Å². The molecule has 2 aliphatic rings. The molecule has 2 fully saturated rings. The summed E-state index contributed by atoms with van der Waals surface area (Å²) in [5, 5.41) is 2.43. The highest BCUT2D eigenvalue weighted by Crippen LogP contribution is 2.40. The van der Waals surface area contributed by atoms with Crippen LogP contribution >= 0.6 is 0 Å². The number of rotatable bonds is 6. The second kappa shape index (κ2) is 8.74. The number of para-hydroxylation sites is 1. The molecule has 0 bridgehead atoms. The zero-order chi connectivity index (χ0) is 21.2. The third-order valence-electron chi connectivity index (χ3n) is 5.72. The first-order valence-corrected chi connectivity index (χ1v) is 11.0. The molecular formula is C19H24F2N2O5S. The van der Waals surface area contributed by atoms with Gasteiger partial charge in [0.25, 0.3) is 0 Å². The van der Waals surface area contributed by atoms with E-state index >= 15 is 0 Å². The van der Waals surface area contributed by atoms with Gasteiger partial charge in [-0.2, -0.15) is 8.78 Å². The highest BCUT2D eigenvalue weighted by Gasteiger charge is 2.46. The molecule has 1 N–H and O–H groups in total. The molecule has 1 aliphatic heterocycles. The van der Waals surface area contributed by atoms with Gasteiger partial charge in [-0.15, -0.1) is 0 Å². The van der Waals surface area contributed by atoms with Crippen LogP contribution in [0.2, 0.25) is 0 Å². The van der Waals surface area contributed by atoms with Crippen molar-refractivity contribution in [1.82, 2.24) is 4.90 Å². The van der Waals surface area contributed by atoms with Crippen molar-refractivity contribution in [2.45, 2.75) is 54.8 Å². The van der Waals surface area contributed by atoms with Crippen LogP contribution in [0, 0.1) is 5.92 Å². The predicted octanol–water partition coefficient (Wildman–Crippen LogP) is 2.43. The number of amides is 1. The van der Waals surface area contributed by atoms with Crippen molar-refractivity contribution in [3.05, 3.63) is 24.3 Å². The zero-order valence-corrected chi connectivity index (χ0v) is 16.8. The van der Waals surface area contributed by atoms with E-state index < -0.39 is 38.4 Å². The molecule has 1 aliphatic carbocycles. The van der Waals surface area contributed by atoms with Crippen LogP contribution in [0.4, 0.5) is 14.5 Å². The number of nitrogens with zero attached hydrogens (tertiary/aromatic N) is 1. The molecule has 7 nitrogen and oxygen atoms in total. The minimum atomic E-state index is -4.86. The summed E-state index contributed by atoms with van der Waals surface area (Å²) in [6, 6.07) is 4.58. The van der Waals surface area contributed by atoms with E-state index in [9.17, 15) is 26.8 Å². The lowest BCUT2D eigenvalue weighted by atomic mass is 9.85. The number of ether oxygens (including phenoxy) is 1. The number of hydrogen-bond donors (Lipinski definition) is 1. The highest BCUT2D eigenvalue weighted by molar-refractivity contribution is 7.91. The van der Waals surface area contributed by atoms with Gasteiger partial charge in [0.15, 0.2) is 0 Å². The molecule has 3 rings (SSSR count). The van der Waals surface area contributed by atoms with E-state index in [0.29, 0.717) is 12.3 Å². The Balaban J connectivity index is 1.79. The van der Waals surface area contributed by atoms with Gasteiger partial charge in [0.1, 0.15) is 6.04 Å². The molecule has 10 heteroatoms. The van der Waals surface area contributed by atoms with E-state index in [4.69, 9.17) is 4.74 Å². The fourth-order valence-corrected chi connectivity index (χ4v) is 5.30. The Bertz CT molecular complexity index is 877. The number of carbonyl (C=O) groups excluding carboxylic acids is 2. The summed E-state index contributed by atoms with van der Waals surface area (Å²) in [6.45, 7) is -0.149. The zero-order valence-electron chi connectivity index (χ0n) is 16.0. The lowest BCUT2D eigenvalue weighted by Crippen LogP contribution is -2.46. The molecule has 1 amide bonds. The van der Waals surface area contributed by atoms with Gasteiger partial charge in [-0.1, -0.05) is 25.0 Å². The van der Waals surface area contributed by atoms with E-state index in [1.807, 2.05) is 0 Å². The molecule has 1 aromatic carbocycles. The summed E-state index contributed by atoms with van der Waals surface area (Å²) in [5.74, 6) is -4.27. The molecule has 3 atom stereocenters. The molecular weight excluding hydrogens is 406 g/mol. The first-order chi connectivity index (χ1) is 13.8. The number of carbonyl (C=O) groups is 2. The number of halogens is 2. The van der Waals surface area contributed by atoms with E-state index in [-0.39, 0.29) is 18.3 Å². The lowest BCUT2D eigenvalue weighted by Gasteiger charge is -2.32. The first kappa shape index (κ1) is 21.6. The van der Waals surface area contributed by atoms with Crippen LogP contribution in [0.3, 0.4) is 0 Å². The van der Waals surface area contributed by atoms with Crippen molar-refractivity contribution >= 4 is 27.4 Å². The number of sulfone groups is 1. The van der Waals surface area contributed by atoms with Gasteiger partial charge in [-0.3, -0.25) is 14.5 Å². The third-order valence-corrected chi connectivity index (χ3v) is 7.16. The van der Waals surface area contributed by atoms with E-state index in [0.717, 1.165) is 31.7 Å². The summed E-state index contributed by atoms with van der Waals surface area (Å²) in [5.41, 5.74) is -0.202. The smallest absolute Gasteiger partial charge is 0.341 e. The minimum absolute atomic E-state index is 0.0682. The van der Waals surface area contributed by atoms with Crippen molar-refractivity contribution in [2.75, 3.05) is 19.0 Å². The maximum absolute atomic E-state index is 12.9. The fourth-order valence-electron chi connectivity index (χ4n) is 4.42. The summed E-state index contributed by atoms with van der Waals surface area (Å²) in [6.07, 6.45) is 4.53. The second-order valence-electron chi connectivity index (χ2n) is 7.41. The average molecular weight is 430 g/mol. The van der Waals surface area contributed by atoms with E-state index in [1.165, 1.54) is 25.3 Å². The Kier molecular flexibility index (Phi) is 6.52. The van der Waals surface area contributed by atoms with Gasteiger partial charge >= 0.3 is 11.7 Å². The van der Waals surface area contributed by atoms with Crippen molar-refractivity contribution in [2.24, 2.45) is 5.92 Å². The number of esters is 1. The lowest BCUT2D eigenvalue weighted by molar-refractivity contribution is -0.146. The topological polar surface area (TPSA) is 92.8 Å². The van der Waals surface area contributed by atoms with E-state index in [2.05, 4.69) is 5.32 Å². The Labute approximate surface area is 168 Å². The number of benzene rings is 1. The molecule has 1 heterocycles. The molecule has 0 aromatic heterocycles. The fraction of sp³-hybridized carbons (Fsp3) is 0.579. The molecule has 1 aromatic rings. The normalized spacial score (nSPS) is 24.9. The van der Waals surface area contributed by atoms with Crippen molar-refractivity contribution in [3.8, 4) is 0 Å². The number of nitrogens with one attached hydrogen (secondary N) is 1. The van der Waals surface area contributed by atoms with Crippen LogP contribution in [-0.4, -0.2) is 56.7 Å². The second-order valence-corrected chi connectivity index (χ2v) is 9.30. The van der Waals surface area contributed by atoms with Gasteiger partial charge in [-0.05, 0) is 37.3 Å². The maximum Gasteiger partial charge on any atom is 0.341 e. The van der Waals surface area contributed by atoms with Crippen molar-refractivity contribution < 1.29 is 31.5 Å². The molecule has 1 saturated heterocycles. The average Bonchev–Trinajstić information content (AvgIpc) is 3.06. The number of hydrogen-bond acceptors (Lipinski definition) is 6. The number of fused-ring (bicyclic) bond motifs is 1. The molecule has 1 saturated carbocycles. The van der Waals surface area contributed by atoms with Gasteiger partial charge < -0.3 is 10.1 Å². The highest BCUT2D eigenvalue weighted by atomic mass is 32.2.